The van der Waals surface area contributed by atoms with Crippen LogP contribution in [0.2, 0.25) is 0 Å². The Labute approximate surface area is 137 Å². The summed E-state index contributed by atoms with van der Waals surface area (Å²) in [5, 5.41) is 9.30. The van der Waals surface area contributed by atoms with Crippen LogP contribution in [-0.4, -0.2) is 23.3 Å². The van der Waals surface area contributed by atoms with Crippen molar-refractivity contribution in [2.45, 2.75) is 116 Å². The van der Waals surface area contributed by atoms with Gasteiger partial charge in [0.25, 0.3) is 0 Å². The molecular weight excluding hydrogens is 276 g/mol. The molecular formula is C19H38O3. The van der Waals surface area contributed by atoms with Crippen LogP contribution in [0.1, 0.15) is 104 Å². The molecule has 0 radical (unpaired) electrons. The second-order valence-corrected chi connectivity index (χ2v) is 6.49. The van der Waals surface area contributed by atoms with Gasteiger partial charge in [0.15, 0.2) is 0 Å². The molecule has 3 heteroatoms. The van der Waals surface area contributed by atoms with E-state index < -0.39 is 12.1 Å². The number of ether oxygens (including phenoxy) is 1. The van der Waals surface area contributed by atoms with Crippen molar-refractivity contribution in [2.75, 3.05) is 0 Å². The monoisotopic (exact) mass is 314 g/mol. The summed E-state index contributed by atoms with van der Waals surface area (Å²) >= 11 is 0. The largest absolute Gasteiger partial charge is 0.460 e. The fourth-order valence-electron chi connectivity index (χ4n) is 2.65. The Kier molecular flexibility index (Phi) is 14.9. The first-order valence-electron chi connectivity index (χ1n) is 9.50. The van der Waals surface area contributed by atoms with Crippen molar-refractivity contribution in [1.29, 1.82) is 0 Å². The molecule has 0 saturated heterocycles. The smallest absolute Gasteiger partial charge is 0.334 e. The molecule has 2 atom stereocenters. The summed E-state index contributed by atoms with van der Waals surface area (Å²) in [7, 11) is 0. The normalized spacial score (nSPS) is 13.8. The van der Waals surface area contributed by atoms with Crippen molar-refractivity contribution in [3.8, 4) is 0 Å². The minimum atomic E-state index is -1.01. The van der Waals surface area contributed by atoms with E-state index in [9.17, 15) is 9.90 Å². The van der Waals surface area contributed by atoms with Crippen molar-refractivity contribution in [1.82, 2.24) is 0 Å². The molecule has 132 valence electrons. The Morgan fingerprint density at radius 2 is 1.23 bits per heavy atom. The van der Waals surface area contributed by atoms with Gasteiger partial charge in [0, 0.05) is 0 Å². The van der Waals surface area contributed by atoms with E-state index >= 15 is 0 Å². The fourth-order valence-corrected chi connectivity index (χ4v) is 2.65. The molecule has 0 aliphatic rings. The van der Waals surface area contributed by atoms with Gasteiger partial charge in [-0.15, -0.1) is 0 Å². The minimum absolute atomic E-state index is 0.00500. The van der Waals surface area contributed by atoms with Gasteiger partial charge in [0.05, 0.1) is 0 Å². The van der Waals surface area contributed by atoms with Gasteiger partial charge in [-0.05, 0) is 32.6 Å². The second kappa shape index (κ2) is 15.3. The van der Waals surface area contributed by atoms with E-state index in [1.54, 1.807) is 0 Å². The zero-order chi connectivity index (χ0) is 16.6. The van der Waals surface area contributed by atoms with E-state index in [1.807, 2.05) is 0 Å². The van der Waals surface area contributed by atoms with Gasteiger partial charge in [-0.3, -0.25) is 0 Å². The number of aliphatic hydroxyl groups is 1. The van der Waals surface area contributed by atoms with Gasteiger partial charge in [-0.1, -0.05) is 71.6 Å². The number of carbonyl (C=O) groups excluding carboxylic acids is 1. The summed E-state index contributed by atoms with van der Waals surface area (Å²) in [4.78, 5) is 11.6. The average Bonchev–Trinajstić information content (AvgIpc) is 2.50. The number of hydrogen-bond acceptors (Lipinski definition) is 3. The highest BCUT2D eigenvalue weighted by Crippen LogP contribution is 2.17. The highest BCUT2D eigenvalue weighted by Gasteiger charge is 2.17. The maximum atomic E-state index is 11.6. The summed E-state index contributed by atoms with van der Waals surface area (Å²) in [6.45, 7) is 5.91. The van der Waals surface area contributed by atoms with Crippen LogP contribution in [0, 0.1) is 0 Å². The van der Waals surface area contributed by atoms with Crippen molar-refractivity contribution >= 4 is 5.97 Å². The maximum absolute atomic E-state index is 11.6. The van der Waals surface area contributed by atoms with Crippen LogP contribution < -0.4 is 0 Å². The Bertz CT molecular complexity index is 251. The van der Waals surface area contributed by atoms with Gasteiger partial charge in [-0.2, -0.15) is 0 Å². The van der Waals surface area contributed by atoms with Crippen molar-refractivity contribution in [3.63, 3.8) is 0 Å². The molecule has 0 aliphatic carbocycles. The van der Waals surface area contributed by atoms with Crippen molar-refractivity contribution in [2.24, 2.45) is 0 Å². The average molecular weight is 315 g/mol. The van der Waals surface area contributed by atoms with E-state index in [4.69, 9.17) is 4.74 Å². The first-order valence-corrected chi connectivity index (χ1v) is 9.50. The zero-order valence-electron chi connectivity index (χ0n) is 15.1. The first-order chi connectivity index (χ1) is 10.6. The lowest BCUT2D eigenvalue weighted by Crippen LogP contribution is -2.26. The van der Waals surface area contributed by atoms with Gasteiger partial charge < -0.3 is 9.84 Å². The molecule has 0 aromatic heterocycles. The molecule has 0 aliphatic heterocycles. The molecule has 0 heterocycles. The highest BCUT2D eigenvalue weighted by molar-refractivity contribution is 5.73. The Balaban J connectivity index is 3.88. The molecule has 0 spiro atoms. The second-order valence-electron chi connectivity index (χ2n) is 6.49. The molecule has 0 aromatic carbocycles. The Morgan fingerprint density at radius 1 is 0.818 bits per heavy atom. The third-order valence-electron chi connectivity index (χ3n) is 4.13. The predicted octanol–water partition coefficient (Wildman–Crippen LogP) is 5.39. The Hall–Kier alpha value is -0.570. The van der Waals surface area contributed by atoms with Gasteiger partial charge in [0.2, 0.25) is 0 Å². The van der Waals surface area contributed by atoms with Crippen LogP contribution in [0.15, 0.2) is 0 Å². The quantitative estimate of drug-likeness (QED) is 0.325. The summed E-state index contributed by atoms with van der Waals surface area (Å²) in [6, 6.07) is 0. The van der Waals surface area contributed by atoms with E-state index in [1.165, 1.54) is 64.7 Å². The summed E-state index contributed by atoms with van der Waals surface area (Å²) in [6.07, 6.45) is 14.6. The van der Waals surface area contributed by atoms with E-state index in [0.29, 0.717) is 0 Å². The molecule has 0 amide bonds. The highest BCUT2D eigenvalue weighted by atomic mass is 16.6. The standard InChI is InChI=1S/C19H38O3/c1-4-6-8-10-11-12-14-16-18(15-13-9-7-5-2)22-19(21)17(3)20/h17-18,20H,4-16H2,1-3H3. The molecule has 2 unspecified atom stereocenters. The number of unbranched alkanes of at least 4 members (excludes halogenated alkanes) is 9. The van der Waals surface area contributed by atoms with Crippen LogP contribution in [0.3, 0.4) is 0 Å². The third-order valence-corrected chi connectivity index (χ3v) is 4.13. The Morgan fingerprint density at radius 3 is 1.68 bits per heavy atom. The van der Waals surface area contributed by atoms with Crippen LogP contribution >= 0.6 is 0 Å². The fraction of sp³-hybridized carbons (Fsp3) is 0.947. The molecule has 0 fully saturated rings. The zero-order valence-corrected chi connectivity index (χ0v) is 15.1. The summed E-state index contributed by atoms with van der Waals surface area (Å²) in [5.41, 5.74) is 0. The first kappa shape index (κ1) is 21.4. The van der Waals surface area contributed by atoms with Crippen LogP contribution in [-0.2, 0) is 9.53 Å². The molecule has 1 N–H and O–H groups in total. The lowest BCUT2D eigenvalue weighted by molar-refractivity contribution is -0.158. The number of rotatable bonds is 15. The topological polar surface area (TPSA) is 46.5 Å². The molecule has 0 rings (SSSR count). The van der Waals surface area contributed by atoms with E-state index in [0.717, 1.165) is 25.7 Å². The molecule has 0 aromatic rings. The molecule has 22 heavy (non-hydrogen) atoms. The summed E-state index contributed by atoms with van der Waals surface area (Å²) < 4.78 is 5.45. The van der Waals surface area contributed by atoms with Crippen molar-refractivity contribution in [3.05, 3.63) is 0 Å². The third kappa shape index (κ3) is 13.1. The van der Waals surface area contributed by atoms with Crippen LogP contribution in [0.4, 0.5) is 0 Å². The SMILES string of the molecule is CCCCCCCCCC(CCCCCC)OC(=O)C(C)O. The van der Waals surface area contributed by atoms with Crippen molar-refractivity contribution < 1.29 is 14.6 Å². The van der Waals surface area contributed by atoms with Gasteiger partial charge in [0.1, 0.15) is 12.2 Å². The number of carbonyl (C=O) groups is 1. The van der Waals surface area contributed by atoms with E-state index in [2.05, 4.69) is 13.8 Å². The van der Waals surface area contributed by atoms with Crippen LogP contribution in [0.25, 0.3) is 0 Å². The number of aliphatic hydroxyl groups excluding tert-OH is 1. The maximum Gasteiger partial charge on any atom is 0.334 e. The number of hydrogen-bond donors (Lipinski definition) is 1. The van der Waals surface area contributed by atoms with Crippen LogP contribution in [0.5, 0.6) is 0 Å². The summed E-state index contributed by atoms with van der Waals surface area (Å²) in [5.74, 6) is -0.469. The lowest BCUT2D eigenvalue weighted by Gasteiger charge is -2.19. The molecule has 0 saturated carbocycles. The predicted molar refractivity (Wildman–Crippen MR) is 92.9 cm³/mol. The molecule has 3 nitrogen and oxygen atoms in total. The lowest BCUT2D eigenvalue weighted by atomic mass is 10.0. The van der Waals surface area contributed by atoms with Gasteiger partial charge >= 0.3 is 5.97 Å². The van der Waals surface area contributed by atoms with Gasteiger partial charge in [-0.25, -0.2) is 4.79 Å². The van der Waals surface area contributed by atoms with E-state index in [-0.39, 0.29) is 6.10 Å². The minimum Gasteiger partial charge on any atom is -0.460 e. The number of esters is 1. The molecule has 0 bridgehead atoms.